The molecule has 13 heavy (non-hydrogen) atoms. The van der Waals surface area contributed by atoms with E-state index in [4.69, 9.17) is 11.6 Å². The Morgan fingerprint density at radius 2 is 2.00 bits per heavy atom. The minimum atomic E-state index is 0.775. The molecule has 0 fully saturated rings. The normalized spacial score (nSPS) is 10.7. The van der Waals surface area contributed by atoms with Crippen LogP contribution in [0.2, 0.25) is 5.02 Å². The Labute approximate surface area is 89.9 Å². The molecule has 0 aliphatic carbocycles. The van der Waals surface area contributed by atoms with E-state index in [0.29, 0.717) is 0 Å². The molecule has 0 saturated heterocycles. The van der Waals surface area contributed by atoms with Gasteiger partial charge in [-0.05, 0) is 28.9 Å². The zero-order valence-corrected chi connectivity index (χ0v) is 9.35. The van der Waals surface area contributed by atoms with Crippen molar-refractivity contribution < 1.29 is 0 Å². The molecule has 0 amide bonds. The number of hydrogen-bond donors (Lipinski definition) is 0. The van der Waals surface area contributed by atoms with Gasteiger partial charge in [-0.25, -0.2) is 4.98 Å². The highest BCUT2D eigenvalue weighted by molar-refractivity contribution is 9.10. The first-order chi connectivity index (χ1) is 6.20. The molecule has 0 saturated carbocycles. The molecular weight excluding hydrogens is 249 g/mol. The van der Waals surface area contributed by atoms with Crippen LogP contribution in [-0.4, -0.2) is 4.98 Å². The number of para-hydroxylation sites is 1. The fourth-order valence-electron chi connectivity index (χ4n) is 1.24. The van der Waals surface area contributed by atoms with Crippen LogP contribution in [0.25, 0.3) is 10.9 Å². The molecule has 0 N–H and O–H groups in total. The van der Waals surface area contributed by atoms with Gasteiger partial charge in [0.1, 0.15) is 4.60 Å². The summed E-state index contributed by atoms with van der Waals surface area (Å²) in [6, 6.07) is 7.84. The molecule has 3 heteroatoms. The molecular formula is C10H7BrClN. The van der Waals surface area contributed by atoms with Crippen LogP contribution in [0.15, 0.2) is 28.9 Å². The minimum absolute atomic E-state index is 0.775. The first kappa shape index (κ1) is 8.97. The molecule has 0 radical (unpaired) electrons. The lowest BCUT2D eigenvalue weighted by atomic mass is 10.2. The highest BCUT2D eigenvalue weighted by Crippen LogP contribution is 2.29. The van der Waals surface area contributed by atoms with Gasteiger partial charge in [-0.15, -0.1) is 0 Å². The number of pyridine rings is 1. The summed E-state index contributed by atoms with van der Waals surface area (Å²) in [6.07, 6.45) is 0. The third-order valence-corrected chi connectivity index (χ3v) is 3.26. The third-order valence-electron chi connectivity index (χ3n) is 2.00. The molecule has 2 rings (SSSR count). The summed E-state index contributed by atoms with van der Waals surface area (Å²) < 4.78 is 0.816. The van der Waals surface area contributed by atoms with Crippen LogP contribution in [-0.2, 0) is 0 Å². The van der Waals surface area contributed by atoms with E-state index in [-0.39, 0.29) is 0 Å². The first-order valence-corrected chi connectivity index (χ1v) is 5.07. The van der Waals surface area contributed by atoms with Gasteiger partial charge in [-0.1, -0.05) is 29.8 Å². The Hall–Kier alpha value is -0.600. The second-order valence-electron chi connectivity index (χ2n) is 2.86. The minimum Gasteiger partial charge on any atom is -0.241 e. The quantitative estimate of drug-likeness (QED) is 0.650. The maximum Gasteiger partial charge on any atom is 0.111 e. The fraction of sp³-hybridized carbons (Fsp3) is 0.100. The summed E-state index contributed by atoms with van der Waals surface area (Å²) in [5.74, 6) is 0. The van der Waals surface area contributed by atoms with E-state index in [0.717, 1.165) is 26.1 Å². The van der Waals surface area contributed by atoms with Crippen molar-refractivity contribution in [2.75, 3.05) is 0 Å². The fourth-order valence-corrected chi connectivity index (χ4v) is 1.99. The molecule has 1 nitrogen and oxygen atoms in total. The van der Waals surface area contributed by atoms with E-state index in [9.17, 15) is 0 Å². The lowest BCUT2D eigenvalue weighted by Crippen LogP contribution is -1.86. The summed E-state index contributed by atoms with van der Waals surface area (Å²) in [7, 11) is 0. The molecule has 0 aliphatic rings. The van der Waals surface area contributed by atoms with Gasteiger partial charge in [0.25, 0.3) is 0 Å². The summed E-state index contributed by atoms with van der Waals surface area (Å²) in [6.45, 7) is 1.95. The predicted molar refractivity (Wildman–Crippen MR) is 59.2 cm³/mol. The largest absolute Gasteiger partial charge is 0.241 e. The number of aromatic nitrogens is 1. The molecule has 1 aromatic carbocycles. The van der Waals surface area contributed by atoms with Gasteiger partial charge >= 0.3 is 0 Å². The smallest absolute Gasteiger partial charge is 0.111 e. The topological polar surface area (TPSA) is 12.9 Å². The van der Waals surface area contributed by atoms with Crippen molar-refractivity contribution in [2.24, 2.45) is 0 Å². The van der Waals surface area contributed by atoms with Crippen LogP contribution in [0.4, 0.5) is 0 Å². The van der Waals surface area contributed by atoms with E-state index in [2.05, 4.69) is 20.9 Å². The molecule has 0 spiro atoms. The lowest BCUT2D eigenvalue weighted by molar-refractivity contribution is 1.28. The number of nitrogens with zero attached hydrogens (tertiary/aromatic N) is 1. The molecule has 0 atom stereocenters. The SMILES string of the molecule is Cc1c(Br)nc2ccccc2c1Cl. The van der Waals surface area contributed by atoms with Crippen LogP contribution < -0.4 is 0 Å². The molecule has 2 aromatic rings. The summed E-state index contributed by atoms with van der Waals surface area (Å²) in [5.41, 5.74) is 1.91. The van der Waals surface area contributed by atoms with Gasteiger partial charge < -0.3 is 0 Å². The Bertz CT molecular complexity index is 468. The van der Waals surface area contributed by atoms with Crippen molar-refractivity contribution in [1.82, 2.24) is 4.98 Å². The molecule has 1 aromatic heterocycles. The van der Waals surface area contributed by atoms with E-state index in [1.165, 1.54) is 0 Å². The third kappa shape index (κ3) is 1.45. The van der Waals surface area contributed by atoms with Crippen LogP contribution >= 0.6 is 27.5 Å². The van der Waals surface area contributed by atoms with Crippen LogP contribution in [0.3, 0.4) is 0 Å². The lowest BCUT2D eigenvalue weighted by Gasteiger charge is -2.04. The number of fused-ring (bicyclic) bond motifs is 1. The van der Waals surface area contributed by atoms with Crippen LogP contribution in [0.1, 0.15) is 5.56 Å². The second-order valence-corrected chi connectivity index (χ2v) is 3.99. The maximum absolute atomic E-state index is 6.16. The second kappa shape index (κ2) is 3.28. The highest BCUT2D eigenvalue weighted by Gasteiger charge is 2.06. The van der Waals surface area contributed by atoms with Crippen LogP contribution in [0.5, 0.6) is 0 Å². The Kier molecular flexibility index (Phi) is 2.26. The zero-order chi connectivity index (χ0) is 9.42. The molecule has 1 heterocycles. The van der Waals surface area contributed by atoms with E-state index < -0.39 is 0 Å². The van der Waals surface area contributed by atoms with E-state index in [1.807, 2.05) is 31.2 Å². The predicted octanol–water partition coefficient (Wildman–Crippen LogP) is 3.96. The number of halogens is 2. The Balaban J connectivity index is 2.94. The van der Waals surface area contributed by atoms with Crippen molar-refractivity contribution in [1.29, 1.82) is 0 Å². The van der Waals surface area contributed by atoms with Gasteiger partial charge in [-0.2, -0.15) is 0 Å². The average Bonchev–Trinajstić information content (AvgIpc) is 2.15. The van der Waals surface area contributed by atoms with Gasteiger partial charge in [0.2, 0.25) is 0 Å². The standard InChI is InChI=1S/C10H7BrClN/c1-6-9(12)7-4-2-3-5-8(7)13-10(6)11/h2-5H,1H3. The van der Waals surface area contributed by atoms with Gasteiger partial charge in [0, 0.05) is 10.9 Å². The molecule has 0 unspecified atom stereocenters. The van der Waals surface area contributed by atoms with E-state index in [1.54, 1.807) is 0 Å². The number of benzene rings is 1. The number of rotatable bonds is 0. The zero-order valence-electron chi connectivity index (χ0n) is 7.01. The monoisotopic (exact) mass is 255 g/mol. The van der Waals surface area contributed by atoms with Gasteiger partial charge in [0.05, 0.1) is 10.5 Å². The summed E-state index contributed by atoms with van der Waals surface area (Å²) in [5, 5.41) is 1.78. The molecule has 0 bridgehead atoms. The van der Waals surface area contributed by atoms with Crippen molar-refractivity contribution in [3.63, 3.8) is 0 Å². The van der Waals surface area contributed by atoms with Gasteiger partial charge in [-0.3, -0.25) is 0 Å². The average molecular weight is 257 g/mol. The number of hydrogen-bond acceptors (Lipinski definition) is 1. The summed E-state index contributed by atoms with van der Waals surface area (Å²) in [4.78, 5) is 4.37. The van der Waals surface area contributed by atoms with Gasteiger partial charge in [0.15, 0.2) is 0 Å². The Morgan fingerprint density at radius 3 is 2.77 bits per heavy atom. The van der Waals surface area contributed by atoms with Crippen molar-refractivity contribution in [2.45, 2.75) is 6.92 Å². The summed E-state index contributed by atoms with van der Waals surface area (Å²) >= 11 is 9.53. The first-order valence-electron chi connectivity index (χ1n) is 3.90. The molecule has 66 valence electrons. The van der Waals surface area contributed by atoms with E-state index >= 15 is 0 Å². The highest BCUT2D eigenvalue weighted by atomic mass is 79.9. The van der Waals surface area contributed by atoms with Crippen molar-refractivity contribution in [3.8, 4) is 0 Å². The Morgan fingerprint density at radius 1 is 1.31 bits per heavy atom. The van der Waals surface area contributed by atoms with Crippen molar-refractivity contribution >= 4 is 38.4 Å². The maximum atomic E-state index is 6.16. The van der Waals surface area contributed by atoms with Crippen LogP contribution in [0, 0.1) is 6.92 Å². The molecule has 0 aliphatic heterocycles. The van der Waals surface area contributed by atoms with Crippen molar-refractivity contribution in [3.05, 3.63) is 39.5 Å².